The lowest BCUT2D eigenvalue weighted by Crippen LogP contribution is -3.05. The molecule has 30 heavy (non-hydrogen) atoms. The molecule has 0 aromatic heterocycles. The molecule has 0 amide bonds. The van der Waals surface area contributed by atoms with Gasteiger partial charge in [-0.1, -0.05) is 13.8 Å². The highest BCUT2D eigenvalue weighted by Gasteiger charge is 3.06. The van der Waals surface area contributed by atoms with E-state index in [2.05, 4.69) is 13.8 Å². The van der Waals surface area contributed by atoms with E-state index in [4.69, 9.17) is 0 Å². The highest BCUT2D eigenvalue weighted by atomic mass is 15.1. The summed E-state index contributed by atoms with van der Waals surface area (Å²) in [4.78, 5) is 0. The van der Waals surface area contributed by atoms with Crippen molar-refractivity contribution in [3.05, 3.63) is 0 Å². The van der Waals surface area contributed by atoms with Gasteiger partial charge in [-0.15, -0.1) is 0 Å². The molecule has 0 aromatic carbocycles. The fourth-order valence-corrected chi connectivity index (χ4v) is 18.1. The Balaban J connectivity index is 1.09. The van der Waals surface area contributed by atoms with Crippen LogP contribution in [-0.2, 0) is 0 Å². The van der Waals surface area contributed by atoms with Gasteiger partial charge in [-0.05, 0) is 168 Å². The maximum atomic E-state index is 2.95. The Labute approximate surface area is 181 Å². The molecule has 12 saturated carbocycles. The summed E-state index contributed by atoms with van der Waals surface area (Å²) in [5.74, 6) is 19.8. The third-order valence-corrected chi connectivity index (χ3v) is 18.2. The highest BCUT2D eigenvalue weighted by molar-refractivity contribution is 5.52. The molecule has 12 fully saturated rings. The third kappa shape index (κ3) is 0.807. The number of fused-ring (bicyclic) bond motifs is 27. The van der Waals surface area contributed by atoms with Crippen LogP contribution in [0.1, 0.15) is 65.2 Å². The standard InChI is InChI=1S/C30H38/c1-27-15-7-9-17(15)29(27,25-21-13-5-3-11(13)19(21)23(25)27)30-18-10-8-16(18)28(30,2)24-20-12-4-6-14(12)22(20)26(24)30/h11-26H,3-10H2,1-2H3/t11?,12?,13?,14?,15?,16?,17?,18?,19?,20?,21?,22?,23?,24?,25?,26?,27-,28+,29-,30+. The Morgan fingerprint density at radius 3 is 1.03 bits per heavy atom. The molecule has 12 rings (SSSR count). The van der Waals surface area contributed by atoms with E-state index < -0.39 is 0 Å². The first-order valence-corrected chi connectivity index (χ1v) is 14.7. The van der Waals surface area contributed by atoms with Crippen molar-refractivity contribution in [2.45, 2.75) is 65.2 Å². The van der Waals surface area contributed by atoms with Gasteiger partial charge in [0.25, 0.3) is 0 Å². The zero-order chi connectivity index (χ0) is 18.9. The average Bonchev–Trinajstić information content (AvgIpc) is 2.61. The van der Waals surface area contributed by atoms with E-state index in [0.717, 1.165) is 21.7 Å². The Hall–Kier alpha value is 0. The lowest BCUT2D eigenvalue weighted by atomic mass is 8.95. The summed E-state index contributed by atoms with van der Waals surface area (Å²) in [5.41, 5.74) is 3.46. The van der Waals surface area contributed by atoms with Crippen LogP contribution in [0.25, 0.3) is 0 Å². The minimum absolute atomic E-state index is 0.836. The summed E-state index contributed by atoms with van der Waals surface area (Å²) in [6, 6.07) is 0. The van der Waals surface area contributed by atoms with Crippen LogP contribution in [0.5, 0.6) is 0 Å². The fourth-order valence-electron chi connectivity index (χ4n) is 18.1. The van der Waals surface area contributed by atoms with E-state index in [-0.39, 0.29) is 0 Å². The van der Waals surface area contributed by atoms with Crippen molar-refractivity contribution in [3.63, 3.8) is 0 Å². The largest absolute Gasteiger partial charge is 0.0585 e. The molecular weight excluding hydrogens is 360 g/mol. The first-order chi connectivity index (χ1) is 14.7. The molecule has 0 nitrogen and oxygen atoms in total. The van der Waals surface area contributed by atoms with Crippen LogP contribution in [0.15, 0.2) is 0 Å². The van der Waals surface area contributed by atoms with Crippen molar-refractivity contribution in [1.29, 1.82) is 0 Å². The molecule has 158 valence electrons. The molecule has 20 atom stereocenters. The van der Waals surface area contributed by atoms with Crippen LogP contribution in [0.2, 0.25) is 0 Å². The first kappa shape index (κ1) is 15.0. The van der Waals surface area contributed by atoms with Gasteiger partial charge in [0.05, 0.1) is 0 Å². The molecule has 12 aliphatic carbocycles. The van der Waals surface area contributed by atoms with E-state index >= 15 is 0 Å². The summed E-state index contributed by atoms with van der Waals surface area (Å²) in [6.07, 6.45) is 13.2. The van der Waals surface area contributed by atoms with Gasteiger partial charge in [0.2, 0.25) is 0 Å². The lowest BCUT2D eigenvalue weighted by Gasteiger charge is -3.09. The van der Waals surface area contributed by atoms with Crippen molar-refractivity contribution >= 4 is 0 Å². The number of rotatable bonds is 1. The van der Waals surface area contributed by atoms with Crippen LogP contribution in [-0.4, -0.2) is 0 Å². The van der Waals surface area contributed by atoms with E-state index in [1.807, 2.05) is 0 Å². The van der Waals surface area contributed by atoms with Crippen LogP contribution < -0.4 is 0 Å². The molecule has 16 unspecified atom stereocenters. The molecule has 0 radical (unpaired) electrons. The van der Waals surface area contributed by atoms with Gasteiger partial charge < -0.3 is 0 Å². The van der Waals surface area contributed by atoms with Gasteiger partial charge >= 0.3 is 0 Å². The zero-order valence-electron chi connectivity index (χ0n) is 18.9. The molecule has 12 aliphatic rings. The maximum Gasteiger partial charge on any atom is -0.0105 e. The first-order valence-electron chi connectivity index (χ1n) is 14.7. The second kappa shape index (κ2) is 3.55. The van der Waals surface area contributed by atoms with Crippen molar-refractivity contribution < 1.29 is 0 Å². The summed E-state index contributed by atoms with van der Waals surface area (Å²) in [6.45, 7) is 5.91. The van der Waals surface area contributed by atoms with Crippen molar-refractivity contribution in [1.82, 2.24) is 0 Å². The third-order valence-electron chi connectivity index (χ3n) is 18.2. The Morgan fingerprint density at radius 2 is 0.733 bits per heavy atom. The minimum Gasteiger partial charge on any atom is -0.0585 e. The van der Waals surface area contributed by atoms with Gasteiger partial charge in [0, 0.05) is 0 Å². The van der Waals surface area contributed by atoms with E-state index in [1.54, 1.807) is 51.4 Å². The molecule has 0 aliphatic heterocycles. The van der Waals surface area contributed by atoms with E-state index in [0.29, 0.717) is 0 Å². The SMILES string of the molecule is C[C@@]12C3CCC3[C@]1([C@@]13C4CCC4[C@]1(C)C1C4C5CCC5C4C13)C1C3C4CCC4C3C12. The van der Waals surface area contributed by atoms with Gasteiger partial charge in [0.1, 0.15) is 0 Å². The van der Waals surface area contributed by atoms with E-state index in [9.17, 15) is 0 Å². The number of hydrogen-bond donors (Lipinski definition) is 0. The molecule has 0 heterocycles. The van der Waals surface area contributed by atoms with Crippen molar-refractivity contribution in [2.75, 3.05) is 0 Å². The molecule has 0 aromatic rings. The molecule has 0 saturated heterocycles. The second-order valence-corrected chi connectivity index (χ2v) is 16.1. The minimum atomic E-state index is 0.836. The predicted molar refractivity (Wildman–Crippen MR) is 114 cm³/mol. The monoisotopic (exact) mass is 398 g/mol. The van der Waals surface area contributed by atoms with Gasteiger partial charge in [0.15, 0.2) is 0 Å². The topological polar surface area (TPSA) is 0 Å². The summed E-state index contributed by atoms with van der Waals surface area (Å²) >= 11 is 0. The van der Waals surface area contributed by atoms with Crippen LogP contribution in [0.3, 0.4) is 0 Å². The Bertz CT molecular complexity index is 932. The lowest BCUT2D eigenvalue weighted by molar-refractivity contribution is -0.626. The summed E-state index contributed by atoms with van der Waals surface area (Å²) in [5, 5.41) is 0. The Kier molecular flexibility index (Phi) is 1.78. The molecule has 0 N–H and O–H groups in total. The smallest absolute Gasteiger partial charge is 0.0105 e. The van der Waals surface area contributed by atoms with Gasteiger partial charge in [-0.3, -0.25) is 0 Å². The van der Waals surface area contributed by atoms with Crippen LogP contribution in [0, 0.1) is 116 Å². The molecule has 0 heteroatoms. The fraction of sp³-hybridized carbons (Fsp3) is 1.00. The second-order valence-electron chi connectivity index (χ2n) is 16.1. The average molecular weight is 399 g/mol. The normalized spacial score (nSPS) is 89.8. The highest BCUT2D eigenvalue weighted by Crippen LogP contribution is 3.10. The number of hydrogen-bond acceptors (Lipinski definition) is 0. The molecule has 0 spiro atoms. The Morgan fingerprint density at radius 1 is 0.400 bits per heavy atom. The zero-order valence-corrected chi connectivity index (χ0v) is 18.9. The molecular formula is C30H38. The van der Waals surface area contributed by atoms with Gasteiger partial charge in [-0.2, -0.15) is 0 Å². The maximum absolute atomic E-state index is 2.95. The van der Waals surface area contributed by atoms with Gasteiger partial charge in [-0.25, -0.2) is 0 Å². The van der Waals surface area contributed by atoms with Crippen molar-refractivity contribution in [2.24, 2.45) is 116 Å². The molecule has 0 bridgehead atoms. The van der Waals surface area contributed by atoms with Crippen molar-refractivity contribution in [3.8, 4) is 0 Å². The van der Waals surface area contributed by atoms with Crippen LogP contribution in [0.4, 0.5) is 0 Å². The van der Waals surface area contributed by atoms with Crippen LogP contribution >= 0.6 is 0 Å². The summed E-state index contributed by atoms with van der Waals surface area (Å²) in [7, 11) is 0. The summed E-state index contributed by atoms with van der Waals surface area (Å²) < 4.78 is 0. The van der Waals surface area contributed by atoms with E-state index in [1.165, 1.54) is 94.7 Å². The quantitative estimate of drug-likeness (QED) is 0.467. The predicted octanol–water partition coefficient (Wildman–Crippen LogP) is 6.12.